The van der Waals surface area contributed by atoms with Crippen LogP contribution in [0.1, 0.15) is 119 Å². The number of ether oxygens (including phenoxy) is 10. The summed E-state index contributed by atoms with van der Waals surface area (Å²) in [6.07, 6.45) is -14.5. The van der Waals surface area contributed by atoms with E-state index in [1.165, 1.54) is 24.3 Å². The van der Waals surface area contributed by atoms with Gasteiger partial charge in [0.05, 0.1) is 74.0 Å². The molecule has 0 aromatic heterocycles. The number of nitrogens with two attached hydrogens (primary N) is 10. The first kappa shape index (κ1) is 96.2. The van der Waals surface area contributed by atoms with Gasteiger partial charge < -0.3 is 176 Å². The van der Waals surface area contributed by atoms with Crippen molar-refractivity contribution in [3.63, 3.8) is 0 Å². The van der Waals surface area contributed by atoms with E-state index in [-0.39, 0.29) is 75.7 Å². The van der Waals surface area contributed by atoms with Crippen molar-refractivity contribution in [1.29, 1.82) is 0 Å². The molecule has 12 fully saturated rings. The Hall–Kier alpha value is -3.86. The molecule has 44 atom stereocenters. The molecule has 14 rings (SSSR count). The fourth-order valence-electron chi connectivity index (χ4n) is 23.7. The predicted molar refractivity (Wildman–Crippen MR) is 419 cm³/mol. The highest BCUT2D eigenvalue weighted by Gasteiger charge is 2.78. The van der Waals surface area contributed by atoms with Crippen molar-refractivity contribution < 1.29 is 147 Å². The van der Waals surface area contributed by atoms with E-state index >= 15 is 8.78 Å². The number of hydrogen-bond donors (Lipinski definition) is 24. The smallest absolute Gasteiger partial charge is 0.190 e. The largest absolute Gasteiger partial charge is 0.394 e. The summed E-state index contributed by atoms with van der Waals surface area (Å²) >= 11 is 0. The van der Waals surface area contributed by atoms with E-state index in [4.69, 9.17) is 105 Å². The number of aliphatic hydroxyl groups excluding tert-OH is 12. The number of carbonyl (C=O) groups excluding carboxylic acids is 4. The SMILES string of the molecule is C[C@@H]1C[C@H]2[C@@H]3CCC4=CC(=O)C=C[C@]4(C)[C@@]3(F)[C@@H](O)C[C@]2(C)[C@@]1(O)C(=O)CO.C[C@@H]1C[C@H]2[C@@H]3CCC4=CC(=O)C=C[C@]4(C)[C@@]3(F)[C@@H](O)C[C@]2(C)[C@@]1(O)C(=O)COCOC[C@H]1O[C@H](O[C@@H]2[C@@H](O)[C@H](O[C@H]3O[C@H](CN)[C@@H](O)C[C@H]3N)[C@@H](N)C[C@H]2N)[C@H](O)[C@@H](N)[C@@H]1O.NC[C@H]1O[C@H](O[C@H]2[C@H](O)[C@@H](O[C@H]3O[C@H](CO)[C@@H](O)[C@H](N)[C@H]3O)[C@H](N)C[C@@H]2N)[C@H](N)C[C@@H]1O. The van der Waals surface area contributed by atoms with Crippen LogP contribution in [0.5, 0.6) is 0 Å². The maximum atomic E-state index is 17.5. The average Bonchev–Trinajstić information content (AvgIpc) is 1.59. The molecule has 0 aromatic rings. The molecule has 34 N–H and O–H groups in total. The van der Waals surface area contributed by atoms with Crippen molar-refractivity contribution in [1.82, 2.24) is 0 Å². The van der Waals surface area contributed by atoms with Gasteiger partial charge in [-0.1, -0.05) is 51.0 Å². The zero-order chi connectivity index (χ0) is 89.0. The summed E-state index contributed by atoms with van der Waals surface area (Å²) in [5, 5.41) is 150. The highest BCUT2D eigenvalue weighted by molar-refractivity contribution is 6.02. The van der Waals surface area contributed by atoms with E-state index in [2.05, 4.69) is 0 Å². The van der Waals surface area contributed by atoms with Crippen LogP contribution in [0.15, 0.2) is 47.6 Å². The molecule has 14 aliphatic rings. The molecule has 10 aliphatic carbocycles. The minimum absolute atomic E-state index is 0.00324. The summed E-state index contributed by atoms with van der Waals surface area (Å²) in [5.74, 6) is -4.72. The number of hydrogen-bond acceptors (Lipinski definition) is 38. The van der Waals surface area contributed by atoms with Crippen LogP contribution < -0.4 is 57.3 Å². The Labute approximate surface area is 700 Å². The second-order valence-electron chi connectivity index (χ2n) is 37.6. The Morgan fingerprint density at radius 2 is 0.835 bits per heavy atom. The van der Waals surface area contributed by atoms with E-state index in [9.17, 15) is 90.7 Å². The second-order valence-corrected chi connectivity index (χ2v) is 37.6. The summed E-state index contributed by atoms with van der Waals surface area (Å²) in [6.45, 7) is 7.75. The number of allylic oxidation sites excluding steroid dienone is 8. The van der Waals surface area contributed by atoms with Crippen LogP contribution in [0.4, 0.5) is 8.78 Å². The van der Waals surface area contributed by atoms with Crippen LogP contribution in [-0.2, 0) is 66.5 Å². The van der Waals surface area contributed by atoms with E-state index in [0.29, 0.717) is 49.7 Å². The Bertz CT molecular complexity index is 3820. The van der Waals surface area contributed by atoms with Crippen LogP contribution in [0.3, 0.4) is 0 Å². The molecule has 0 amide bonds. The summed E-state index contributed by atoms with van der Waals surface area (Å²) in [7, 11) is 0. The Balaban J connectivity index is 0.000000186. The van der Waals surface area contributed by atoms with Crippen molar-refractivity contribution in [2.24, 2.45) is 115 Å². The number of fused-ring (bicyclic) bond motifs is 10. The number of Topliss-reactive ketones (excluding diaryl/α,β-unsaturated/α-hetero) is 2. The molecule has 4 aliphatic heterocycles. The fraction of sp³-hybridized carbons (Fsp3) is 0.852. The first-order valence-corrected chi connectivity index (χ1v) is 42.3. The number of aliphatic hydroxyl groups is 14. The molecular weight excluding hydrogens is 1600 g/mol. The van der Waals surface area contributed by atoms with Crippen molar-refractivity contribution >= 4 is 23.1 Å². The first-order valence-electron chi connectivity index (χ1n) is 42.3. The van der Waals surface area contributed by atoms with Gasteiger partial charge in [-0.2, -0.15) is 0 Å². The van der Waals surface area contributed by atoms with Gasteiger partial charge in [-0.05, 0) is 139 Å². The highest BCUT2D eigenvalue weighted by Crippen LogP contribution is 2.73. The number of halogens is 2. The van der Waals surface area contributed by atoms with Gasteiger partial charge in [0.1, 0.15) is 104 Å². The average molecular weight is 1730 g/mol. The van der Waals surface area contributed by atoms with Gasteiger partial charge in [-0.25, -0.2) is 8.78 Å². The zero-order valence-corrected chi connectivity index (χ0v) is 69.2. The van der Waals surface area contributed by atoms with E-state index < -0.39 is 295 Å². The van der Waals surface area contributed by atoms with Crippen molar-refractivity contribution in [2.75, 3.05) is 46.3 Å². The molecule has 0 unspecified atom stereocenters. The van der Waals surface area contributed by atoms with Crippen molar-refractivity contribution in [3.8, 4) is 0 Å². The number of alkyl halides is 2. The molecule has 688 valence electrons. The van der Waals surface area contributed by atoms with Gasteiger partial charge in [-0.15, -0.1) is 0 Å². The second kappa shape index (κ2) is 36.6. The quantitative estimate of drug-likeness (QED) is 0.0398. The monoisotopic (exact) mass is 1730 g/mol. The number of rotatable bonds is 20. The minimum atomic E-state index is -2.11. The van der Waals surface area contributed by atoms with Crippen molar-refractivity contribution in [3.05, 3.63) is 47.6 Å². The van der Waals surface area contributed by atoms with E-state index in [1.54, 1.807) is 53.7 Å². The van der Waals surface area contributed by atoms with Crippen LogP contribution in [-0.4, -0.2) is 347 Å². The zero-order valence-electron chi connectivity index (χ0n) is 69.2. The summed E-state index contributed by atoms with van der Waals surface area (Å²) in [4.78, 5) is 50.5. The van der Waals surface area contributed by atoms with Crippen LogP contribution in [0.25, 0.3) is 0 Å². The minimum Gasteiger partial charge on any atom is -0.394 e. The third-order valence-electron chi connectivity index (χ3n) is 30.8. The molecule has 0 bridgehead atoms. The lowest BCUT2D eigenvalue weighted by Gasteiger charge is -2.62. The predicted octanol–water partition coefficient (Wildman–Crippen LogP) is -7.78. The molecule has 4 saturated heterocycles. The van der Waals surface area contributed by atoms with Crippen LogP contribution in [0.2, 0.25) is 0 Å². The Morgan fingerprint density at radius 3 is 1.21 bits per heavy atom. The van der Waals surface area contributed by atoms with Crippen molar-refractivity contribution in [2.45, 2.75) is 324 Å². The molecule has 121 heavy (non-hydrogen) atoms. The van der Waals surface area contributed by atoms with Gasteiger partial charge in [0.2, 0.25) is 0 Å². The normalized spacial score (nSPS) is 52.4. The topological polar surface area (TPSA) is 704 Å². The molecule has 40 heteroatoms. The molecule has 8 saturated carbocycles. The maximum absolute atomic E-state index is 17.5. The lowest BCUT2D eigenvalue weighted by Crippen LogP contribution is -2.69. The molecule has 0 spiro atoms. The summed E-state index contributed by atoms with van der Waals surface area (Å²) < 4.78 is 91.9. The number of carbonyl (C=O) groups is 4. The van der Waals surface area contributed by atoms with Gasteiger partial charge >= 0.3 is 0 Å². The molecule has 38 nitrogen and oxygen atoms in total. The maximum Gasteiger partial charge on any atom is 0.190 e. The van der Waals surface area contributed by atoms with Crippen LogP contribution in [0, 0.1) is 57.2 Å². The first-order chi connectivity index (χ1) is 56.7. The van der Waals surface area contributed by atoms with Gasteiger partial charge in [0.15, 0.2) is 59.6 Å². The lowest BCUT2D eigenvalue weighted by atomic mass is 9.44. The molecule has 4 heterocycles. The van der Waals surface area contributed by atoms with E-state index in [1.807, 2.05) is 0 Å². The summed E-state index contributed by atoms with van der Waals surface area (Å²) in [5.41, 5.74) is 49.5. The standard InChI is InChI=1S/C41H66FN5O14.C22H29FO5.C18H37N5O9/c1-17-8-21-20-5-4-18-9-19(48)6-7-38(18,2)40(20,42)28(50)12-39(21,3)41(17,55)29(51)15-57-16-56-14-27-31(52)30(47)32(53)37(59-27)61-35-23(45)10-22(44)34(33(35)54)60-36-24(46)11-25(49)26(13-43)58-36;1-12-8-16-15-5-4-13-9-14(25)6-7-19(13,2)21(15,23)17(26)10-20(16,3)22(12,28)18(27)11-24;19-3-9-8(25)2-7(22)17(29-9)31-15-5(20)1-6(21)16(14(15)28)32-18-13(27)11(23)12(26)10(4-24)30-18/h6-7,9,17,20-28,30-37,49-50,52-55H,4-5,8,10-16,43-47H2,1-3H3;6-7,9,12,15-17,24,26,28H,4-5,8,10-11H2,1-3H3;5-18,24-28H,1-4,19-23H2/t17-,20+,21+,22+,23-,24-,25+,26-,27-,28+,30+,31-,32-,33+,34-,35+,36-,37-,38+,39+,40+,41+;12-,15+,16+,17+,19+,20+,21+,22+;5-,6+,7+,8-,9+,10+,11-,12+,13+,14-,15+,16-,17+,18+/m110/s1. The Morgan fingerprint density at radius 1 is 0.471 bits per heavy atom. The number of ketones is 4. The third-order valence-corrected chi connectivity index (χ3v) is 30.8. The summed E-state index contributed by atoms with van der Waals surface area (Å²) in [6, 6.07) is -6.95. The van der Waals surface area contributed by atoms with Gasteiger partial charge in [0.25, 0.3) is 0 Å². The fourth-order valence-corrected chi connectivity index (χ4v) is 23.7. The Kier molecular flexibility index (Phi) is 29.1. The van der Waals surface area contributed by atoms with E-state index in [0.717, 1.165) is 0 Å². The molecular formula is C81H132F2N10O28. The van der Waals surface area contributed by atoms with Gasteiger partial charge in [-0.3, -0.25) is 19.2 Å². The third kappa shape index (κ3) is 16.4. The lowest BCUT2D eigenvalue weighted by molar-refractivity contribution is -0.317. The highest BCUT2D eigenvalue weighted by atomic mass is 19.1. The molecule has 0 aromatic carbocycles. The van der Waals surface area contributed by atoms with Gasteiger partial charge in [0, 0.05) is 70.8 Å². The molecule has 0 radical (unpaired) electrons. The van der Waals surface area contributed by atoms with Crippen LogP contribution >= 0.6 is 0 Å².